The summed E-state index contributed by atoms with van der Waals surface area (Å²) in [6.45, 7) is 1.65. The minimum atomic E-state index is -0.217. The summed E-state index contributed by atoms with van der Waals surface area (Å²) in [4.78, 5) is 29.8. The summed E-state index contributed by atoms with van der Waals surface area (Å²) in [6, 6.07) is 16.4. The van der Waals surface area contributed by atoms with Crippen molar-refractivity contribution in [3.8, 4) is 5.75 Å². The fraction of sp³-hybridized carbons (Fsp3) is 0.385. The second kappa shape index (κ2) is 10.5. The Balaban J connectivity index is 1.50. The highest BCUT2D eigenvalue weighted by Gasteiger charge is 2.32. The van der Waals surface area contributed by atoms with Gasteiger partial charge in [-0.1, -0.05) is 30.3 Å². The summed E-state index contributed by atoms with van der Waals surface area (Å²) in [7, 11) is 3.05. The van der Waals surface area contributed by atoms with Gasteiger partial charge in [-0.3, -0.25) is 14.5 Å². The van der Waals surface area contributed by atoms with Crippen LogP contribution >= 0.6 is 0 Å². The molecule has 0 aliphatic carbocycles. The lowest BCUT2D eigenvalue weighted by Gasteiger charge is -2.35. The van der Waals surface area contributed by atoms with Gasteiger partial charge in [0.2, 0.25) is 5.91 Å². The largest absolute Gasteiger partial charge is 0.497 e. The van der Waals surface area contributed by atoms with Gasteiger partial charge in [-0.25, -0.2) is 0 Å². The Morgan fingerprint density at radius 1 is 1.09 bits per heavy atom. The second-order valence-corrected chi connectivity index (χ2v) is 8.34. The maximum Gasteiger partial charge on any atom is 0.305 e. The molecule has 1 unspecified atom stereocenters. The molecule has 33 heavy (non-hydrogen) atoms. The molecule has 0 spiro atoms. The normalized spacial score (nSPS) is 15.8. The number of hydrogen-bond donors (Lipinski definition) is 2. The Labute approximate surface area is 194 Å². The number of amides is 1. The van der Waals surface area contributed by atoms with Crippen molar-refractivity contribution in [1.82, 2.24) is 15.2 Å². The predicted molar refractivity (Wildman–Crippen MR) is 127 cm³/mol. The number of carbonyl (C=O) groups excluding carboxylic acids is 2. The molecule has 0 saturated carbocycles. The van der Waals surface area contributed by atoms with Gasteiger partial charge in [0.25, 0.3) is 0 Å². The number of benzene rings is 2. The molecule has 2 heterocycles. The zero-order chi connectivity index (χ0) is 23.2. The predicted octanol–water partition coefficient (Wildman–Crippen LogP) is 3.58. The summed E-state index contributed by atoms with van der Waals surface area (Å²) in [5.41, 5.74) is 4.72. The average Bonchev–Trinajstić information content (AvgIpc) is 3.22. The van der Waals surface area contributed by atoms with Crippen LogP contribution in [-0.2, 0) is 20.7 Å². The standard InChI is InChI=1S/C26H31N3O4/c1-32-19-12-10-18(11-13-19)26-25-21(20-7-3-4-8-22(20)28-25)14-16-29(26)17-23(30)27-15-6-5-9-24(31)33-2/h3-4,7-8,10-13,26,28H,5-6,9,14-17H2,1-2H3,(H,27,30). The molecule has 1 aromatic heterocycles. The summed E-state index contributed by atoms with van der Waals surface area (Å²) in [5, 5.41) is 4.25. The molecule has 1 aliphatic rings. The van der Waals surface area contributed by atoms with Gasteiger partial charge < -0.3 is 19.8 Å². The van der Waals surface area contributed by atoms with Gasteiger partial charge in [0.15, 0.2) is 0 Å². The van der Waals surface area contributed by atoms with Crippen LogP contribution in [0, 0.1) is 0 Å². The SMILES string of the molecule is COC(=O)CCCCNC(=O)CN1CCc2c([nH]c3ccccc23)C1c1ccc(OC)cc1. The molecule has 4 rings (SSSR count). The van der Waals surface area contributed by atoms with Crippen molar-refractivity contribution in [1.29, 1.82) is 0 Å². The zero-order valence-corrected chi connectivity index (χ0v) is 19.2. The molecule has 7 heteroatoms. The number of hydrogen-bond acceptors (Lipinski definition) is 5. The van der Waals surface area contributed by atoms with Crippen LogP contribution in [0.25, 0.3) is 10.9 Å². The number of methoxy groups -OCH3 is 2. The van der Waals surface area contributed by atoms with Crippen LogP contribution in [0.3, 0.4) is 0 Å². The molecule has 2 N–H and O–H groups in total. The van der Waals surface area contributed by atoms with Crippen LogP contribution < -0.4 is 10.1 Å². The molecular weight excluding hydrogens is 418 g/mol. The van der Waals surface area contributed by atoms with Crippen LogP contribution in [0.15, 0.2) is 48.5 Å². The van der Waals surface area contributed by atoms with Crippen molar-refractivity contribution in [2.75, 3.05) is 33.9 Å². The van der Waals surface area contributed by atoms with Crippen molar-refractivity contribution in [3.05, 3.63) is 65.4 Å². The van der Waals surface area contributed by atoms with E-state index in [1.54, 1.807) is 7.11 Å². The number of fused-ring (bicyclic) bond motifs is 3. The number of carbonyl (C=O) groups is 2. The smallest absolute Gasteiger partial charge is 0.305 e. The fourth-order valence-corrected chi connectivity index (χ4v) is 4.59. The molecule has 0 fully saturated rings. The number of unbranched alkanes of at least 4 members (excludes halogenated alkanes) is 1. The first-order chi connectivity index (χ1) is 16.1. The summed E-state index contributed by atoms with van der Waals surface area (Å²) in [6.07, 6.45) is 2.71. The molecule has 174 valence electrons. The molecule has 1 atom stereocenters. The number of ether oxygens (including phenoxy) is 2. The molecule has 0 saturated heterocycles. The van der Waals surface area contributed by atoms with Crippen molar-refractivity contribution >= 4 is 22.8 Å². The first-order valence-electron chi connectivity index (χ1n) is 11.4. The molecule has 3 aromatic rings. The monoisotopic (exact) mass is 449 g/mol. The van der Waals surface area contributed by atoms with E-state index in [1.165, 1.54) is 18.1 Å². The number of nitrogens with zero attached hydrogens (tertiary/aromatic N) is 1. The lowest BCUT2D eigenvalue weighted by atomic mass is 9.92. The number of nitrogens with one attached hydrogen (secondary N) is 2. The summed E-state index contributed by atoms with van der Waals surface area (Å²) in [5.74, 6) is 0.583. The van der Waals surface area contributed by atoms with Gasteiger partial charge in [0.1, 0.15) is 5.75 Å². The summed E-state index contributed by atoms with van der Waals surface area (Å²) >= 11 is 0. The molecule has 2 aromatic carbocycles. The number of aromatic nitrogens is 1. The first kappa shape index (κ1) is 22.9. The topological polar surface area (TPSA) is 83.7 Å². The minimum absolute atomic E-state index is 0.00820. The maximum atomic E-state index is 12.8. The Hall–Kier alpha value is -3.32. The maximum absolute atomic E-state index is 12.8. The number of esters is 1. The molecular formula is C26H31N3O4. The summed E-state index contributed by atoms with van der Waals surface area (Å²) < 4.78 is 9.99. The van der Waals surface area contributed by atoms with Crippen LogP contribution in [0.5, 0.6) is 5.75 Å². The number of H-pyrrole nitrogens is 1. The number of para-hydroxylation sites is 1. The van der Waals surface area contributed by atoms with Gasteiger partial charge in [0, 0.05) is 36.1 Å². The molecule has 7 nitrogen and oxygen atoms in total. The highest BCUT2D eigenvalue weighted by atomic mass is 16.5. The quantitative estimate of drug-likeness (QED) is 0.385. The third kappa shape index (κ3) is 5.20. The van der Waals surface area contributed by atoms with E-state index in [0.717, 1.165) is 41.9 Å². The van der Waals surface area contributed by atoms with Gasteiger partial charge in [-0.2, -0.15) is 0 Å². The highest BCUT2D eigenvalue weighted by molar-refractivity contribution is 5.85. The van der Waals surface area contributed by atoms with E-state index in [4.69, 9.17) is 4.74 Å². The highest BCUT2D eigenvalue weighted by Crippen LogP contribution is 2.38. The number of aromatic amines is 1. The molecule has 1 amide bonds. The van der Waals surface area contributed by atoms with E-state index in [1.807, 2.05) is 18.2 Å². The first-order valence-corrected chi connectivity index (χ1v) is 11.4. The average molecular weight is 450 g/mol. The lowest BCUT2D eigenvalue weighted by molar-refractivity contribution is -0.140. The van der Waals surface area contributed by atoms with Gasteiger partial charge in [0.05, 0.1) is 26.8 Å². The van der Waals surface area contributed by atoms with Crippen molar-refractivity contribution in [3.63, 3.8) is 0 Å². The Kier molecular flexibility index (Phi) is 7.29. The van der Waals surface area contributed by atoms with Gasteiger partial charge in [-0.05, 0) is 48.6 Å². The van der Waals surface area contributed by atoms with Crippen LogP contribution in [0.1, 0.15) is 42.1 Å². The third-order valence-electron chi connectivity index (χ3n) is 6.27. The van der Waals surface area contributed by atoms with Crippen LogP contribution in [0.2, 0.25) is 0 Å². The van der Waals surface area contributed by atoms with Crippen molar-refractivity contribution in [2.24, 2.45) is 0 Å². The van der Waals surface area contributed by atoms with E-state index < -0.39 is 0 Å². The van der Waals surface area contributed by atoms with E-state index in [9.17, 15) is 9.59 Å². The van der Waals surface area contributed by atoms with Gasteiger partial charge in [-0.15, -0.1) is 0 Å². The van der Waals surface area contributed by atoms with E-state index in [0.29, 0.717) is 25.9 Å². The lowest BCUT2D eigenvalue weighted by Crippen LogP contribution is -2.43. The van der Waals surface area contributed by atoms with Crippen molar-refractivity contribution in [2.45, 2.75) is 31.7 Å². The molecule has 0 bridgehead atoms. The Bertz CT molecular complexity index is 1110. The van der Waals surface area contributed by atoms with E-state index >= 15 is 0 Å². The van der Waals surface area contributed by atoms with E-state index in [-0.39, 0.29) is 17.9 Å². The van der Waals surface area contributed by atoms with E-state index in [2.05, 4.69) is 50.3 Å². The Morgan fingerprint density at radius 2 is 1.88 bits per heavy atom. The minimum Gasteiger partial charge on any atom is -0.497 e. The fourth-order valence-electron chi connectivity index (χ4n) is 4.59. The van der Waals surface area contributed by atoms with Crippen LogP contribution in [-0.4, -0.2) is 55.6 Å². The van der Waals surface area contributed by atoms with Gasteiger partial charge >= 0.3 is 5.97 Å². The molecule has 0 radical (unpaired) electrons. The van der Waals surface area contributed by atoms with Crippen molar-refractivity contribution < 1.29 is 19.1 Å². The third-order valence-corrected chi connectivity index (χ3v) is 6.27. The molecule has 1 aliphatic heterocycles. The number of rotatable bonds is 9. The second-order valence-electron chi connectivity index (χ2n) is 8.34. The zero-order valence-electron chi connectivity index (χ0n) is 19.2. The Morgan fingerprint density at radius 3 is 2.64 bits per heavy atom. The van der Waals surface area contributed by atoms with Crippen LogP contribution in [0.4, 0.5) is 0 Å².